The molecule has 2 rings (SSSR count). The first-order chi connectivity index (χ1) is 18.1. The number of rotatable bonds is 14. The first kappa shape index (κ1) is 32.4. The SMILES string of the molecule is Cc1csc(COC(=O)N[C@@H](CS(C)(=O)=O)C(=O)N[C@@H](CC(C)C)[C@@H](O)C[C@@H](C)C(=O)N[C@H]2CCNC2=O)n1. The molecule has 0 aliphatic carbocycles. The van der Waals surface area contributed by atoms with Gasteiger partial charge < -0.3 is 31.1 Å². The number of carbonyl (C=O) groups is 4. The number of carbonyl (C=O) groups excluding carboxylic acids is 4. The fourth-order valence-corrected chi connectivity index (χ4v) is 5.57. The van der Waals surface area contributed by atoms with E-state index in [1.165, 1.54) is 11.3 Å². The number of alkyl carbamates (subject to hydrolysis) is 1. The molecule has 39 heavy (non-hydrogen) atoms. The fourth-order valence-electron chi connectivity index (χ4n) is 4.05. The summed E-state index contributed by atoms with van der Waals surface area (Å²) in [5.74, 6) is -2.80. The summed E-state index contributed by atoms with van der Waals surface area (Å²) in [7, 11) is -3.69. The molecule has 4 amide bonds. The molecule has 1 aliphatic rings. The van der Waals surface area contributed by atoms with Crippen molar-refractivity contribution in [3.05, 3.63) is 16.1 Å². The maximum atomic E-state index is 13.1. The number of aliphatic hydroxyl groups excluding tert-OH is 1. The van der Waals surface area contributed by atoms with Gasteiger partial charge in [0, 0.05) is 29.8 Å². The van der Waals surface area contributed by atoms with Crippen molar-refractivity contribution in [1.82, 2.24) is 26.3 Å². The number of aryl methyl sites for hydroxylation is 1. The Balaban J connectivity index is 2.04. The Hall–Kier alpha value is -2.78. The Labute approximate surface area is 232 Å². The minimum atomic E-state index is -3.69. The van der Waals surface area contributed by atoms with E-state index in [1.54, 1.807) is 19.2 Å². The van der Waals surface area contributed by atoms with Crippen LogP contribution >= 0.6 is 11.3 Å². The maximum absolute atomic E-state index is 13.1. The number of aromatic nitrogens is 1. The van der Waals surface area contributed by atoms with E-state index >= 15 is 0 Å². The van der Waals surface area contributed by atoms with Crippen molar-refractivity contribution in [3.63, 3.8) is 0 Å². The normalized spacial score (nSPS) is 18.5. The van der Waals surface area contributed by atoms with Crippen LogP contribution in [-0.4, -0.2) is 85.1 Å². The quantitative estimate of drug-likeness (QED) is 0.199. The first-order valence-corrected chi connectivity index (χ1v) is 15.7. The predicted molar refractivity (Wildman–Crippen MR) is 144 cm³/mol. The van der Waals surface area contributed by atoms with Crippen LogP contribution in [0.3, 0.4) is 0 Å². The van der Waals surface area contributed by atoms with Crippen molar-refractivity contribution in [3.8, 4) is 0 Å². The molecule has 15 heteroatoms. The van der Waals surface area contributed by atoms with Crippen LogP contribution in [0.1, 0.15) is 50.7 Å². The van der Waals surface area contributed by atoms with Gasteiger partial charge in [-0.25, -0.2) is 18.2 Å². The molecule has 0 radical (unpaired) electrons. The summed E-state index contributed by atoms with van der Waals surface area (Å²) in [6.07, 6.45) is -0.429. The number of amides is 4. The van der Waals surface area contributed by atoms with E-state index in [2.05, 4.69) is 26.3 Å². The molecular weight excluding hydrogens is 550 g/mol. The number of nitrogens with zero attached hydrogens (tertiary/aromatic N) is 1. The summed E-state index contributed by atoms with van der Waals surface area (Å²) >= 11 is 1.29. The first-order valence-electron chi connectivity index (χ1n) is 12.7. The van der Waals surface area contributed by atoms with Gasteiger partial charge in [0.1, 0.15) is 33.5 Å². The Morgan fingerprint density at radius 3 is 2.44 bits per heavy atom. The number of thiazole rings is 1. The van der Waals surface area contributed by atoms with E-state index in [4.69, 9.17) is 4.74 Å². The molecule has 5 atom stereocenters. The molecule has 1 saturated heterocycles. The summed E-state index contributed by atoms with van der Waals surface area (Å²) in [5.41, 5.74) is 0.763. The zero-order valence-corrected chi connectivity index (χ0v) is 24.5. The van der Waals surface area contributed by atoms with Crippen LogP contribution < -0.4 is 21.3 Å². The Morgan fingerprint density at radius 1 is 1.21 bits per heavy atom. The van der Waals surface area contributed by atoms with E-state index in [0.29, 0.717) is 24.4 Å². The van der Waals surface area contributed by atoms with E-state index < -0.39 is 63.6 Å². The van der Waals surface area contributed by atoms with Crippen molar-refractivity contribution in [2.24, 2.45) is 11.8 Å². The van der Waals surface area contributed by atoms with Gasteiger partial charge in [0.15, 0.2) is 0 Å². The van der Waals surface area contributed by atoms with Crippen LogP contribution in [0.25, 0.3) is 0 Å². The van der Waals surface area contributed by atoms with Crippen LogP contribution in [-0.2, 0) is 35.6 Å². The van der Waals surface area contributed by atoms with Gasteiger partial charge in [-0.05, 0) is 32.1 Å². The van der Waals surface area contributed by atoms with Crippen LogP contribution in [0.4, 0.5) is 4.79 Å². The standard InChI is InChI=1S/C24H39N5O8S2/c1-13(2)8-17(19(30)9-14(3)21(31)27-16-6-7-25-22(16)32)28-23(33)18(12-39(5,35)36)29-24(34)37-10-20-26-15(4)11-38-20/h11,13-14,16-19,30H,6-10,12H2,1-5H3,(H,25,32)(H,27,31)(H,28,33)(H,29,34)/t14-,16+,17+,18+,19+/m1/s1. The lowest BCUT2D eigenvalue weighted by atomic mass is 9.92. The van der Waals surface area contributed by atoms with Crippen molar-refractivity contribution >= 4 is 45.0 Å². The van der Waals surface area contributed by atoms with Gasteiger partial charge in [0.05, 0.1) is 17.9 Å². The third kappa shape index (κ3) is 11.5. The molecular formula is C24H39N5O8S2. The lowest BCUT2D eigenvalue weighted by molar-refractivity contribution is -0.130. The largest absolute Gasteiger partial charge is 0.442 e. The molecule has 5 N–H and O–H groups in total. The molecule has 1 aliphatic heterocycles. The number of ether oxygens (including phenoxy) is 1. The fraction of sp³-hybridized carbons (Fsp3) is 0.708. The smallest absolute Gasteiger partial charge is 0.408 e. The van der Waals surface area contributed by atoms with E-state index in [-0.39, 0.29) is 24.9 Å². The number of hydrogen-bond acceptors (Lipinski definition) is 10. The number of hydrogen-bond donors (Lipinski definition) is 5. The topological polar surface area (TPSA) is 193 Å². The van der Waals surface area contributed by atoms with Gasteiger partial charge in [-0.3, -0.25) is 14.4 Å². The highest BCUT2D eigenvalue weighted by Crippen LogP contribution is 2.17. The van der Waals surface area contributed by atoms with Gasteiger partial charge in [-0.2, -0.15) is 0 Å². The van der Waals surface area contributed by atoms with Crippen molar-refractivity contribution in [2.45, 2.75) is 77.8 Å². The Kier molecular flexibility index (Phi) is 12.1. The van der Waals surface area contributed by atoms with Gasteiger partial charge >= 0.3 is 6.09 Å². The van der Waals surface area contributed by atoms with Crippen molar-refractivity contribution in [1.29, 1.82) is 0 Å². The molecule has 1 fully saturated rings. The van der Waals surface area contributed by atoms with Gasteiger partial charge in [-0.1, -0.05) is 20.8 Å². The Bertz CT molecular complexity index is 1120. The average molecular weight is 590 g/mol. The predicted octanol–water partition coefficient (Wildman–Crippen LogP) is 0.0136. The zero-order valence-electron chi connectivity index (χ0n) is 22.9. The van der Waals surface area contributed by atoms with Crippen LogP contribution in [0, 0.1) is 18.8 Å². The summed E-state index contributed by atoms with van der Waals surface area (Å²) < 4.78 is 29.1. The monoisotopic (exact) mass is 589 g/mol. The highest BCUT2D eigenvalue weighted by molar-refractivity contribution is 7.90. The molecule has 0 unspecified atom stereocenters. The third-order valence-electron chi connectivity index (χ3n) is 6.00. The van der Waals surface area contributed by atoms with Crippen LogP contribution in [0.2, 0.25) is 0 Å². The van der Waals surface area contributed by atoms with E-state index in [1.807, 2.05) is 13.8 Å². The summed E-state index contributed by atoms with van der Waals surface area (Å²) in [6, 6.07) is -2.93. The second-order valence-electron chi connectivity index (χ2n) is 10.3. The molecule has 0 bridgehead atoms. The molecule has 1 aromatic rings. The summed E-state index contributed by atoms with van der Waals surface area (Å²) in [5, 5.41) is 23.5. The minimum absolute atomic E-state index is 0.0166. The minimum Gasteiger partial charge on any atom is -0.442 e. The number of sulfone groups is 1. The molecule has 220 valence electrons. The molecule has 1 aromatic heterocycles. The highest BCUT2D eigenvalue weighted by atomic mass is 32.2. The number of aliphatic hydroxyl groups is 1. The molecule has 0 aromatic carbocycles. The second-order valence-corrected chi connectivity index (χ2v) is 13.5. The van der Waals surface area contributed by atoms with Gasteiger partial charge in [0.2, 0.25) is 17.7 Å². The highest BCUT2D eigenvalue weighted by Gasteiger charge is 2.33. The third-order valence-corrected chi connectivity index (χ3v) is 7.88. The van der Waals surface area contributed by atoms with Crippen molar-refractivity contribution in [2.75, 3.05) is 18.6 Å². The van der Waals surface area contributed by atoms with Gasteiger partial charge in [-0.15, -0.1) is 11.3 Å². The van der Waals surface area contributed by atoms with E-state index in [0.717, 1.165) is 11.9 Å². The number of nitrogens with one attached hydrogen (secondary N) is 4. The molecule has 13 nitrogen and oxygen atoms in total. The van der Waals surface area contributed by atoms with Crippen LogP contribution in [0.15, 0.2) is 5.38 Å². The van der Waals surface area contributed by atoms with Crippen LogP contribution in [0.5, 0.6) is 0 Å². The average Bonchev–Trinajstić information content (AvgIpc) is 3.42. The molecule has 0 spiro atoms. The lowest BCUT2D eigenvalue weighted by Crippen LogP contribution is -2.55. The zero-order chi connectivity index (χ0) is 29.3. The van der Waals surface area contributed by atoms with Crippen molar-refractivity contribution < 1.29 is 37.4 Å². The second kappa shape index (κ2) is 14.6. The molecule has 0 saturated carbocycles. The van der Waals surface area contributed by atoms with Gasteiger partial charge in [0.25, 0.3) is 0 Å². The van der Waals surface area contributed by atoms with E-state index in [9.17, 15) is 32.7 Å². The maximum Gasteiger partial charge on any atom is 0.408 e. The Morgan fingerprint density at radius 2 is 1.90 bits per heavy atom. The molecule has 2 heterocycles. The summed E-state index contributed by atoms with van der Waals surface area (Å²) in [6.45, 7) is 7.48. The lowest BCUT2D eigenvalue weighted by Gasteiger charge is -2.29. The summed E-state index contributed by atoms with van der Waals surface area (Å²) in [4.78, 5) is 54.0.